The van der Waals surface area contributed by atoms with Crippen molar-refractivity contribution in [2.24, 2.45) is 0 Å². The lowest BCUT2D eigenvalue weighted by molar-refractivity contribution is 0.344. The molecule has 1 fully saturated rings. The highest BCUT2D eigenvalue weighted by Gasteiger charge is 2.35. The number of nitrogens with zero attached hydrogens (tertiary/aromatic N) is 2. The van der Waals surface area contributed by atoms with Gasteiger partial charge in [-0.2, -0.15) is 0 Å². The average molecular weight is 286 g/mol. The molecule has 0 saturated heterocycles. The van der Waals surface area contributed by atoms with E-state index in [4.69, 9.17) is 9.97 Å². The highest BCUT2D eigenvalue weighted by molar-refractivity contribution is 5.81. The lowest BCUT2D eigenvalue weighted by Crippen LogP contribution is -2.24. The van der Waals surface area contributed by atoms with Crippen molar-refractivity contribution in [3.8, 4) is 11.1 Å². The minimum Gasteiger partial charge on any atom is -0.249 e. The van der Waals surface area contributed by atoms with Gasteiger partial charge in [0.05, 0.1) is 22.4 Å². The maximum Gasteiger partial charge on any atom is 0.0896 e. The van der Waals surface area contributed by atoms with Crippen molar-refractivity contribution in [2.75, 3.05) is 0 Å². The second-order valence-electron chi connectivity index (χ2n) is 6.61. The third kappa shape index (κ3) is 1.80. The van der Waals surface area contributed by atoms with Gasteiger partial charge < -0.3 is 0 Å². The first-order valence-corrected chi connectivity index (χ1v) is 8.25. The number of rotatable bonds is 1. The molecule has 6 rings (SSSR count). The van der Waals surface area contributed by atoms with E-state index in [2.05, 4.69) is 48.5 Å². The number of fused-ring (bicyclic) bond motifs is 3. The molecular weight excluding hydrogens is 268 g/mol. The molecule has 3 aliphatic rings. The number of benzene rings is 2. The van der Waals surface area contributed by atoms with Gasteiger partial charge in [-0.15, -0.1) is 0 Å². The molecule has 0 aliphatic heterocycles. The Morgan fingerprint density at radius 3 is 1.95 bits per heavy atom. The van der Waals surface area contributed by atoms with Crippen LogP contribution in [0, 0.1) is 0 Å². The quantitative estimate of drug-likeness (QED) is 0.625. The summed E-state index contributed by atoms with van der Waals surface area (Å²) in [5.41, 5.74) is 7.15. The van der Waals surface area contributed by atoms with E-state index in [9.17, 15) is 0 Å². The van der Waals surface area contributed by atoms with Crippen LogP contribution in [0.5, 0.6) is 0 Å². The van der Waals surface area contributed by atoms with Crippen LogP contribution in [0.25, 0.3) is 22.2 Å². The Bertz CT molecular complexity index is 846. The van der Waals surface area contributed by atoms with Gasteiger partial charge in [-0.25, -0.2) is 9.97 Å². The molecule has 2 bridgehead atoms. The van der Waals surface area contributed by atoms with Gasteiger partial charge in [0, 0.05) is 11.8 Å². The largest absolute Gasteiger partial charge is 0.249 e. The second kappa shape index (κ2) is 4.64. The molecule has 0 amide bonds. The molecule has 0 unspecified atom stereocenters. The summed E-state index contributed by atoms with van der Waals surface area (Å²) in [6.07, 6.45) is 5.21. The molecule has 3 aliphatic carbocycles. The summed E-state index contributed by atoms with van der Waals surface area (Å²) >= 11 is 0. The van der Waals surface area contributed by atoms with Gasteiger partial charge in [0.2, 0.25) is 0 Å². The van der Waals surface area contributed by atoms with Gasteiger partial charge in [0.25, 0.3) is 0 Å². The molecule has 1 heterocycles. The van der Waals surface area contributed by atoms with E-state index in [1.54, 1.807) is 0 Å². The summed E-state index contributed by atoms with van der Waals surface area (Å²) < 4.78 is 0. The summed E-state index contributed by atoms with van der Waals surface area (Å²) in [6.45, 7) is 0. The third-order valence-electron chi connectivity index (χ3n) is 5.33. The van der Waals surface area contributed by atoms with E-state index in [0.29, 0.717) is 11.8 Å². The highest BCUT2D eigenvalue weighted by Crippen LogP contribution is 2.48. The Kier molecular flexibility index (Phi) is 2.60. The molecule has 2 aromatic carbocycles. The average Bonchev–Trinajstić information content (AvgIpc) is 2.61. The van der Waals surface area contributed by atoms with Crippen molar-refractivity contribution in [3.05, 3.63) is 59.9 Å². The predicted octanol–water partition coefficient (Wildman–Crippen LogP) is 5.05. The maximum atomic E-state index is 5.02. The summed E-state index contributed by atoms with van der Waals surface area (Å²) in [5, 5.41) is 0. The Balaban J connectivity index is 1.69. The zero-order chi connectivity index (χ0) is 14.5. The van der Waals surface area contributed by atoms with E-state index < -0.39 is 0 Å². The Labute approximate surface area is 130 Å². The van der Waals surface area contributed by atoms with Gasteiger partial charge in [-0.05, 0) is 48.9 Å². The molecule has 108 valence electrons. The van der Waals surface area contributed by atoms with Crippen LogP contribution in [-0.4, -0.2) is 9.97 Å². The molecular formula is C20H18N2. The normalized spacial score (nSPS) is 22.7. The van der Waals surface area contributed by atoms with E-state index in [0.717, 1.165) is 11.0 Å². The summed E-state index contributed by atoms with van der Waals surface area (Å²) in [4.78, 5) is 9.99. The molecule has 0 atom stereocenters. The number of hydrogen-bond donors (Lipinski definition) is 0. The maximum absolute atomic E-state index is 5.02. The first kappa shape index (κ1) is 12.3. The van der Waals surface area contributed by atoms with Gasteiger partial charge in [-0.3, -0.25) is 0 Å². The van der Waals surface area contributed by atoms with Crippen LogP contribution in [0.15, 0.2) is 48.5 Å². The monoisotopic (exact) mass is 286 g/mol. The van der Waals surface area contributed by atoms with Crippen LogP contribution in [0.2, 0.25) is 0 Å². The Morgan fingerprint density at radius 1 is 0.636 bits per heavy atom. The first-order valence-electron chi connectivity index (χ1n) is 8.25. The van der Waals surface area contributed by atoms with Crippen LogP contribution in [-0.2, 0) is 0 Å². The fourth-order valence-corrected chi connectivity index (χ4v) is 4.13. The molecule has 0 spiro atoms. The molecule has 2 nitrogen and oxygen atoms in total. The van der Waals surface area contributed by atoms with Gasteiger partial charge in [0.15, 0.2) is 0 Å². The highest BCUT2D eigenvalue weighted by atomic mass is 14.9. The van der Waals surface area contributed by atoms with E-state index in [1.165, 1.54) is 48.2 Å². The van der Waals surface area contributed by atoms with Crippen molar-refractivity contribution in [3.63, 3.8) is 0 Å². The van der Waals surface area contributed by atoms with Crippen LogP contribution >= 0.6 is 0 Å². The zero-order valence-corrected chi connectivity index (χ0v) is 12.5. The Hall–Kier alpha value is -2.22. The smallest absolute Gasteiger partial charge is 0.0896 e. The molecule has 1 saturated carbocycles. The zero-order valence-electron chi connectivity index (χ0n) is 12.5. The number of hydrogen-bond acceptors (Lipinski definition) is 2. The number of aromatic nitrogens is 2. The fourth-order valence-electron chi connectivity index (χ4n) is 4.13. The molecule has 3 aromatic rings. The lowest BCUT2D eigenvalue weighted by atomic mass is 9.71. The van der Waals surface area contributed by atoms with Crippen molar-refractivity contribution in [1.82, 2.24) is 9.97 Å². The molecule has 2 heteroatoms. The topological polar surface area (TPSA) is 25.8 Å². The van der Waals surface area contributed by atoms with Gasteiger partial charge in [0.1, 0.15) is 0 Å². The van der Waals surface area contributed by atoms with Crippen LogP contribution in [0.1, 0.15) is 48.9 Å². The summed E-state index contributed by atoms with van der Waals surface area (Å²) in [5.74, 6) is 1.31. The Morgan fingerprint density at radius 2 is 1.27 bits per heavy atom. The van der Waals surface area contributed by atoms with Crippen molar-refractivity contribution >= 4 is 11.0 Å². The predicted molar refractivity (Wildman–Crippen MR) is 88.9 cm³/mol. The molecule has 0 N–H and O–H groups in total. The van der Waals surface area contributed by atoms with E-state index in [-0.39, 0.29) is 0 Å². The van der Waals surface area contributed by atoms with Gasteiger partial charge >= 0.3 is 0 Å². The van der Waals surface area contributed by atoms with Crippen LogP contribution < -0.4 is 0 Å². The van der Waals surface area contributed by atoms with Gasteiger partial charge in [-0.1, -0.05) is 36.4 Å². The van der Waals surface area contributed by atoms with Crippen molar-refractivity contribution in [2.45, 2.75) is 37.5 Å². The molecule has 1 aromatic heterocycles. The summed E-state index contributed by atoms with van der Waals surface area (Å²) in [7, 11) is 0. The minimum absolute atomic E-state index is 0.650. The first-order chi connectivity index (χ1) is 10.9. The third-order valence-corrected chi connectivity index (χ3v) is 5.33. The standard InChI is InChI=1S/C20H18N2/c1-2-4-13(5-3-1)16-10-11-17-18(12-16)22-20-15-8-6-14(7-9-15)19(20)21-17/h1-5,10-12,14-15H,6-9H2. The SMILES string of the molecule is c1ccc(-c2ccc3nc4c(nc3c2)C2CCC4CC2)cc1. The van der Waals surface area contributed by atoms with E-state index >= 15 is 0 Å². The summed E-state index contributed by atoms with van der Waals surface area (Å²) in [6, 6.07) is 17.0. The minimum atomic E-state index is 0.650. The molecule has 22 heavy (non-hydrogen) atoms. The van der Waals surface area contributed by atoms with E-state index in [1.807, 2.05) is 0 Å². The fraction of sp³-hybridized carbons (Fsp3) is 0.300. The van der Waals surface area contributed by atoms with Crippen LogP contribution in [0.4, 0.5) is 0 Å². The molecule has 0 radical (unpaired) electrons. The van der Waals surface area contributed by atoms with Crippen molar-refractivity contribution in [1.29, 1.82) is 0 Å². The second-order valence-corrected chi connectivity index (χ2v) is 6.61. The van der Waals surface area contributed by atoms with Crippen LogP contribution in [0.3, 0.4) is 0 Å². The lowest BCUT2D eigenvalue weighted by Gasteiger charge is -2.36. The van der Waals surface area contributed by atoms with Crippen molar-refractivity contribution < 1.29 is 0 Å².